The number of ether oxygens (including phenoxy) is 4. The summed E-state index contributed by atoms with van der Waals surface area (Å²) in [5.74, 6) is 1.06. The number of hydrogen-bond donors (Lipinski definition) is 1. The summed E-state index contributed by atoms with van der Waals surface area (Å²) >= 11 is 0. The topological polar surface area (TPSA) is 95.8 Å². The van der Waals surface area contributed by atoms with Crippen molar-refractivity contribution in [3.8, 4) is 5.88 Å². The van der Waals surface area contributed by atoms with Gasteiger partial charge in [0.15, 0.2) is 0 Å². The van der Waals surface area contributed by atoms with Gasteiger partial charge in [0.2, 0.25) is 5.95 Å². The molecule has 0 amide bonds. The van der Waals surface area contributed by atoms with Crippen molar-refractivity contribution in [3.05, 3.63) is 24.7 Å². The monoisotopic (exact) mass is 510 g/mol. The molecule has 0 spiro atoms. The Bertz CT molecular complexity index is 855. The third-order valence-electron chi connectivity index (χ3n) is 6.41. The second-order valence-electron chi connectivity index (χ2n) is 9.15. The van der Waals surface area contributed by atoms with Crippen molar-refractivity contribution in [2.75, 3.05) is 51.9 Å². The highest BCUT2D eigenvalue weighted by Crippen LogP contribution is 2.35. The summed E-state index contributed by atoms with van der Waals surface area (Å²) in [6.45, 7) is 8.39. The van der Waals surface area contributed by atoms with E-state index in [2.05, 4.69) is 34.0 Å². The lowest BCUT2D eigenvalue weighted by molar-refractivity contribution is -0.0852. The predicted octanol–water partition coefficient (Wildman–Crippen LogP) is 3.47. The third-order valence-corrected chi connectivity index (χ3v) is 6.41. The van der Waals surface area contributed by atoms with Crippen LogP contribution in [0.5, 0.6) is 5.88 Å². The first-order valence-corrected chi connectivity index (χ1v) is 12.3. The van der Waals surface area contributed by atoms with E-state index in [1.807, 2.05) is 10.9 Å². The van der Waals surface area contributed by atoms with Gasteiger partial charge in [-0.25, -0.2) is 9.97 Å². The number of hydrogen-bond acceptors (Lipinski definition) is 9. The van der Waals surface area contributed by atoms with Crippen LogP contribution in [0.1, 0.15) is 45.6 Å². The summed E-state index contributed by atoms with van der Waals surface area (Å²) in [5.41, 5.74) is 0.765. The van der Waals surface area contributed by atoms with Gasteiger partial charge in [-0.2, -0.15) is 0 Å². The van der Waals surface area contributed by atoms with Gasteiger partial charge in [0.25, 0.3) is 5.88 Å². The summed E-state index contributed by atoms with van der Waals surface area (Å²) in [7, 11) is 1.66. The molecule has 196 valence electrons. The van der Waals surface area contributed by atoms with Crippen LogP contribution < -0.4 is 10.1 Å². The Hall–Kier alpha value is -1.98. The first kappa shape index (κ1) is 27.6. The Morgan fingerprint density at radius 1 is 0.971 bits per heavy atom. The molecule has 4 rings (SSSR count). The zero-order valence-electron chi connectivity index (χ0n) is 21.0. The quantitative estimate of drug-likeness (QED) is 0.456. The zero-order valence-corrected chi connectivity index (χ0v) is 21.8. The lowest BCUT2D eigenvalue weighted by Crippen LogP contribution is -2.51. The highest BCUT2D eigenvalue weighted by Gasteiger charge is 2.32. The van der Waals surface area contributed by atoms with Crippen molar-refractivity contribution in [1.82, 2.24) is 24.6 Å². The molecule has 1 saturated heterocycles. The van der Waals surface area contributed by atoms with Gasteiger partial charge in [0, 0.05) is 38.6 Å². The minimum Gasteiger partial charge on any atom is -0.473 e. The van der Waals surface area contributed by atoms with E-state index in [4.69, 9.17) is 24.0 Å². The Morgan fingerprint density at radius 3 is 2.31 bits per heavy atom. The molecule has 2 atom stereocenters. The minimum atomic E-state index is 0. The number of halogens is 1. The van der Waals surface area contributed by atoms with E-state index in [9.17, 15) is 0 Å². The lowest BCUT2D eigenvalue weighted by atomic mass is 9.89. The molecule has 0 radical (unpaired) electrons. The van der Waals surface area contributed by atoms with E-state index in [0.29, 0.717) is 62.5 Å². The van der Waals surface area contributed by atoms with Crippen molar-refractivity contribution in [2.45, 2.75) is 63.8 Å². The van der Waals surface area contributed by atoms with Gasteiger partial charge in [-0.05, 0) is 45.6 Å². The second kappa shape index (κ2) is 13.9. The van der Waals surface area contributed by atoms with Crippen LogP contribution in [-0.2, 0) is 14.2 Å². The molecule has 10 nitrogen and oxygen atoms in total. The van der Waals surface area contributed by atoms with E-state index in [0.717, 1.165) is 44.5 Å². The van der Waals surface area contributed by atoms with E-state index in [1.54, 1.807) is 25.6 Å². The SMILES string of the molecule is COCCOCCOc1nn(C2CCC(N3C[C@@H](C)O[C@@H](C)C3)CC2)cc1Nc1ncccn1.Cl. The van der Waals surface area contributed by atoms with Crippen molar-refractivity contribution in [3.63, 3.8) is 0 Å². The Labute approximate surface area is 214 Å². The maximum atomic E-state index is 5.96. The molecule has 2 aliphatic rings. The first-order valence-electron chi connectivity index (χ1n) is 12.3. The number of nitrogens with one attached hydrogen (secondary N) is 1. The minimum absolute atomic E-state index is 0. The van der Waals surface area contributed by atoms with Gasteiger partial charge in [-0.3, -0.25) is 9.58 Å². The molecule has 1 aliphatic heterocycles. The smallest absolute Gasteiger partial charge is 0.257 e. The average molecular weight is 511 g/mol. The van der Waals surface area contributed by atoms with Gasteiger partial charge in [0.1, 0.15) is 12.3 Å². The maximum Gasteiger partial charge on any atom is 0.257 e. The molecule has 1 saturated carbocycles. The summed E-state index contributed by atoms with van der Waals surface area (Å²) in [5, 5.41) is 8.04. The standard InChI is InChI=1S/C24H38N6O4.ClH/c1-18-15-29(16-19(2)34-18)20-5-7-21(8-6-20)30-17-22(27-24-25-9-4-10-26-24)23(28-30)33-14-13-32-12-11-31-3;/h4,9-10,17-21H,5-8,11-16H2,1-3H3,(H,25,26,27);1H/t18-,19+,20?,21?;. The number of anilines is 2. The van der Waals surface area contributed by atoms with Crippen LogP contribution in [0.3, 0.4) is 0 Å². The third kappa shape index (κ3) is 8.01. The van der Waals surface area contributed by atoms with Gasteiger partial charge in [-0.15, -0.1) is 17.5 Å². The van der Waals surface area contributed by atoms with Crippen molar-refractivity contribution in [1.29, 1.82) is 0 Å². The van der Waals surface area contributed by atoms with Crippen LogP contribution >= 0.6 is 12.4 Å². The molecule has 0 bridgehead atoms. The molecule has 2 fully saturated rings. The van der Waals surface area contributed by atoms with Gasteiger partial charge in [0.05, 0.1) is 44.3 Å². The van der Waals surface area contributed by atoms with Crippen LogP contribution in [0, 0.1) is 0 Å². The Morgan fingerprint density at radius 2 is 1.63 bits per heavy atom. The molecule has 0 unspecified atom stereocenters. The Kier molecular flexibility index (Phi) is 11.0. The van der Waals surface area contributed by atoms with Crippen LogP contribution in [0.15, 0.2) is 24.7 Å². The molecule has 11 heteroatoms. The molecule has 35 heavy (non-hydrogen) atoms. The second-order valence-corrected chi connectivity index (χ2v) is 9.15. The molecule has 2 aromatic heterocycles. The molecular weight excluding hydrogens is 472 g/mol. The predicted molar refractivity (Wildman–Crippen MR) is 136 cm³/mol. The fourth-order valence-electron chi connectivity index (χ4n) is 4.88. The first-order chi connectivity index (χ1) is 16.6. The van der Waals surface area contributed by atoms with Crippen LogP contribution in [-0.4, -0.2) is 89.5 Å². The van der Waals surface area contributed by atoms with Crippen LogP contribution in [0.4, 0.5) is 11.6 Å². The molecule has 0 aromatic carbocycles. The van der Waals surface area contributed by atoms with Gasteiger partial charge < -0.3 is 24.3 Å². The van der Waals surface area contributed by atoms with E-state index < -0.39 is 0 Å². The van der Waals surface area contributed by atoms with Gasteiger partial charge >= 0.3 is 0 Å². The van der Waals surface area contributed by atoms with Crippen molar-refractivity contribution >= 4 is 24.0 Å². The molecule has 1 aliphatic carbocycles. The van der Waals surface area contributed by atoms with Gasteiger partial charge in [-0.1, -0.05) is 0 Å². The number of methoxy groups -OCH3 is 1. The van der Waals surface area contributed by atoms with E-state index in [1.165, 1.54) is 0 Å². The van der Waals surface area contributed by atoms with Crippen LogP contribution in [0.2, 0.25) is 0 Å². The number of morpholine rings is 1. The summed E-state index contributed by atoms with van der Waals surface area (Å²) in [6.07, 6.45) is 10.6. The fourth-order valence-corrected chi connectivity index (χ4v) is 4.88. The van der Waals surface area contributed by atoms with Crippen molar-refractivity contribution < 1.29 is 18.9 Å². The average Bonchev–Trinajstić information content (AvgIpc) is 3.24. The highest BCUT2D eigenvalue weighted by atomic mass is 35.5. The summed E-state index contributed by atoms with van der Waals surface area (Å²) < 4.78 is 24.5. The van der Waals surface area contributed by atoms with E-state index in [-0.39, 0.29) is 12.4 Å². The summed E-state index contributed by atoms with van der Waals surface area (Å²) in [4.78, 5) is 11.2. The van der Waals surface area contributed by atoms with E-state index >= 15 is 0 Å². The zero-order chi connectivity index (χ0) is 23.8. The largest absolute Gasteiger partial charge is 0.473 e. The number of aromatic nitrogens is 4. The Balaban J connectivity index is 0.00000342. The molecule has 2 aromatic rings. The number of rotatable bonds is 11. The fraction of sp³-hybridized carbons (Fsp3) is 0.708. The molecule has 1 N–H and O–H groups in total. The number of nitrogens with zero attached hydrogens (tertiary/aromatic N) is 5. The van der Waals surface area contributed by atoms with Crippen LogP contribution in [0.25, 0.3) is 0 Å². The lowest BCUT2D eigenvalue weighted by Gasteiger charge is -2.42. The highest BCUT2D eigenvalue weighted by molar-refractivity contribution is 5.85. The summed E-state index contributed by atoms with van der Waals surface area (Å²) in [6, 6.07) is 2.76. The van der Waals surface area contributed by atoms with Crippen molar-refractivity contribution in [2.24, 2.45) is 0 Å². The maximum absolute atomic E-state index is 5.96. The normalized spacial score (nSPS) is 25.1. The molecule has 3 heterocycles. The molecular formula is C24H39ClN6O4.